The number of carbonyl (C=O) groups is 2. The maximum Gasteiger partial charge on any atom is 0.248 e. The molecule has 0 aliphatic carbocycles. The van der Waals surface area contributed by atoms with E-state index in [2.05, 4.69) is 29.3 Å². The maximum absolute atomic E-state index is 13.2. The fraction of sp³-hybridized carbons (Fsp3) is 0.481. The van der Waals surface area contributed by atoms with Crippen LogP contribution >= 0.6 is 0 Å². The summed E-state index contributed by atoms with van der Waals surface area (Å²) in [6.45, 7) is 6.41. The second kappa shape index (κ2) is 10.6. The molecular weight excluding hydrogens is 430 g/mol. The topological polar surface area (TPSA) is 82.1 Å². The number of aliphatic hydroxyl groups is 1. The van der Waals surface area contributed by atoms with E-state index in [0.29, 0.717) is 19.4 Å². The average Bonchev–Trinajstić information content (AvgIpc) is 2.84. The molecule has 2 saturated heterocycles. The summed E-state index contributed by atoms with van der Waals surface area (Å²) in [5, 5.41) is 12.8. The summed E-state index contributed by atoms with van der Waals surface area (Å²) in [5.41, 5.74) is 0.360. The molecule has 2 fully saturated rings. The number of ether oxygens (including phenoxy) is 1. The first-order valence-corrected chi connectivity index (χ1v) is 12.3. The number of rotatable bonds is 8. The molecule has 2 atom stereocenters. The third kappa shape index (κ3) is 5.10. The fourth-order valence-corrected chi connectivity index (χ4v) is 4.93. The van der Waals surface area contributed by atoms with E-state index in [4.69, 9.17) is 4.74 Å². The molecule has 2 N–H and O–H groups in total. The van der Waals surface area contributed by atoms with Crippen LogP contribution in [0.25, 0.3) is 0 Å². The van der Waals surface area contributed by atoms with E-state index in [9.17, 15) is 14.7 Å². The summed E-state index contributed by atoms with van der Waals surface area (Å²) in [6.07, 6.45) is 2.06. The highest BCUT2D eigenvalue weighted by Gasteiger charge is 2.54. The van der Waals surface area contributed by atoms with Crippen LogP contribution in [-0.4, -0.2) is 64.0 Å². The second-order valence-electron chi connectivity index (χ2n) is 9.40. The number of piperidine rings is 1. The molecule has 2 aromatic carbocycles. The van der Waals surface area contributed by atoms with Gasteiger partial charge in [-0.05, 0) is 56.0 Å². The van der Waals surface area contributed by atoms with Gasteiger partial charge < -0.3 is 20.1 Å². The minimum absolute atomic E-state index is 0.129. The van der Waals surface area contributed by atoms with E-state index in [0.717, 1.165) is 44.0 Å². The van der Waals surface area contributed by atoms with E-state index >= 15 is 0 Å². The molecule has 0 radical (unpaired) electrons. The first kappa shape index (κ1) is 24.2. The summed E-state index contributed by atoms with van der Waals surface area (Å²) >= 11 is 0. The Labute approximate surface area is 201 Å². The van der Waals surface area contributed by atoms with Crippen molar-refractivity contribution in [3.05, 3.63) is 60.2 Å². The van der Waals surface area contributed by atoms with Crippen LogP contribution in [0.4, 0.5) is 0 Å². The van der Waals surface area contributed by atoms with Gasteiger partial charge in [0.25, 0.3) is 0 Å². The summed E-state index contributed by atoms with van der Waals surface area (Å²) in [7, 11) is 0. The summed E-state index contributed by atoms with van der Waals surface area (Å²) < 4.78 is 5.88. The molecule has 2 amide bonds. The smallest absolute Gasteiger partial charge is 0.248 e. The highest BCUT2D eigenvalue weighted by atomic mass is 16.5. The lowest BCUT2D eigenvalue weighted by atomic mass is 9.81. The number of benzene rings is 2. The van der Waals surface area contributed by atoms with Crippen molar-refractivity contribution in [2.45, 2.75) is 63.8 Å². The monoisotopic (exact) mass is 465 g/mol. The van der Waals surface area contributed by atoms with Crippen molar-refractivity contribution >= 4 is 11.8 Å². The highest BCUT2D eigenvalue weighted by Crippen LogP contribution is 2.34. The fourth-order valence-electron chi connectivity index (χ4n) is 4.93. The Morgan fingerprint density at radius 3 is 2.32 bits per heavy atom. The third-order valence-corrected chi connectivity index (χ3v) is 6.97. The normalized spacial score (nSPS) is 21.4. The molecule has 0 aromatic heterocycles. The lowest BCUT2D eigenvalue weighted by molar-refractivity contribution is -0.164. The number of aliphatic hydroxyl groups excluding tert-OH is 1. The molecule has 2 aliphatic rings. The third-order valence-electron chi connectivity index (χ3n) is 6.97. The number of para-hydroxylation sites is 1. The lowest BCUT2D eigenvalue weighted by Crippen LogP contribution is -2.74. The standard InChI is InChI=1S/C27H35N3O4/c1-3-4-16-30-25(32)24(20(2)31)28-26(33)27(30)14-17-29(18-15-27)19-21-10-12-23(13-11-21)34-22-8-6-5-7-9-22/h5-13,20,24,31H,3-4,14-19H2,1-2H3,(H,28,33)/t20-,24+/m1/s1. The zero-order valence-electron chi connectivity index (χ0n) is 20.1. The predicted octanol–water partition coefficient (Wildman–Crippen LogP) is 3.32. The largest absolute Gasteiger partial charge is 0.457 e. The lowest BCUT2D eigenvalue weighted by Gasteiger charge is -2.52. The summed E-state index contributed by atoms with van der Waals surface area (Å²) in [4.78, 5) is 30.5. The minimum Gasteiger partial charge on any atom is -0.457 e. The van der Waals surface area contributed by atoms with Crippen molar-refractivity contribution in [1.29, 1.82) is 0 Å². The number of unbranched alkanes of at least 4 members (excludes halogenated alkanes) is 1. The van der Waals surface area contributed by atoms with Gasteiger partial charge in [-0.25, -0.2) is 0 Å². The van der Waals surface area contributed by atoms with Crippen LogP contribution in [0, 0.1) is 0 Å². The molecule has 7 heteroatoms. The number of likely N-dealkylation sites (tertiary alicyclic amines) is 1. The van der Waals surface area contributed by atoms with Crippen LogP contribution in [0.3, 0.4) is 0 Å². The molecule has 2 heterocycles. The zero-order valence-corrected chi connectivity index (χ0v) is 20.1. The van der Waals surface area contributed by atoms with E-state index in [-0.39, 0.29) is 11.8 Å². The molecule has 2 aromatic rings. The van der Waals surface area contributed by atoms with E-state index in [1.807, 2.05) is 42.5 Å². The van der Waals surface area contributed by atoms with Crippen molar-refractivity contribution in [3.8, 4) is 11.5 Å². The van der Waals surface area contributed by atoms with Crippen molar-refractivity contribution in [3.63, 3.8) is 0 Å². The molecule has 182 valence electrons. The first-order chi connectivity index (χ1) is 16.4. The quantitative estimate of drug-likeness (QED) is 0.625. The van der Waals surface area contributed by atoms with Gasteiger partial charge in [0.05, 0.1) is 6.10 Å². The maximum atomic E-state index is 13.2. The second-order valence-corrected chi connectivity index (χ2v) is 9.40. The number of amides is 2. The van der Waals surface area contributed by atoms with Crippen LogP contribution in [0.1, 0.15) is 45.1 Å². The number of hydrogen-bond acceptors (Lipinski definition) is 5. The average molecular weight is 466 g/mol. The van der Waals surface area contributed by atoms with Gasteiger partial charge in [-0.2, -0.15) is 0 Å². The van der Waals surface area contributed by atoms with Gasteiger partial charge in [-0.15, -0.1) is 0 Å². The van der Waals surface area contributed by atoms with Gasteiger partial charge in [0, 0.05) is 26.2 Å². The molecule has 34 heavy (non-hydrogen) atoms. The molecule has 2 aliphatic heterocycles. The molecular formula is C27H35N3O4. The van der Waals surface area contributed by atoms with Gasteiger partial charge in [0.1, 0.15) is 23.1 Å². The SMILES string of the molecule is CCCCN1C(=O)[C@H]([C@@H](C)O)NC(=O)C12CCN(Cc1ccc(Oc3ccccc3)cc1)CC2. The van der Waals surface area contributed by atoms with Crippen molar-refractivity contribution < 1.29 is 19.4 Å². The number of carbonyl (C=O) groups excluding carboxylic acids is 2. The van der Waals surface area contributed by atoms with Crippen LogP contribution in [-0.2, 0) is 16.1 Å². The van der Waals surface area contributed by atoms with Gasteiger partial charge >= 0.3 is 0 Å². The van der Waals surface area contributed by atoms with Crippen LogP contribution in [0.15, 0.2) is 54.6 Å². The van der Waals surface area contributed by atoms with Gasteiger partial charge in [0.15, 0.2) is 0 Å². The Kier molecular flexibility index (Phi) is 7.54. The van der Waals surface area contributed by atoms with Gasteiger partial charge in [-0.3, -0.25) is 14.5 Å². The number of piperazine rings is 1. The molecule has 0 bridgehead atoms. The Hall–Kier alpha value is -2.90. The van der Waals surface area contributed by atoms with Crippen LogP contribution in [0.5, 0.6) is 11.5 Å². The summed E-state index contributed by atoms with van der Waals surface area (Å²) in [6, 6.07) is 16.9. The Bertz CT molecular complexity index is 969. The van der Waals surface area contributed by atoms with Crippen molar-refractivity contribution in [2.75, 3.05) is 19.6 Å². The van der Waals surface area contributed by atoms with Crippen LogP contribution in [0.2, 0.25) is 0 Å². The predicted molar refractivity (Wildman–Crippen MR) is 130 cm³/mol. The molecule has 7 nitrogen and oxygen atoms in total. The van der Waals surface area contributed by atoms with Gasteiger partial charge in [-0.1, -0.05) is 43.7 Å². The summed E-state index contributed by atoms with van der Waals surface area (Å²) in [5.74, 6) is 1.31. The van der Waals surface area contributed by atoms with Crippen LogP contribution < -0.4 is 10.1 Å². The van der Waals surface area contributed by atoms with Gasteiger partial charge in [0.2, 0.25) is 11.8 Å². The van der Waals surface area contributed by atoms with E-state index < -0.39 is 17.7 Å². The molecule has 4 rings (SSSR count). The highest BCUT2D eigenvalue weighted by molar-refractivity contribution is 6.00. The van der Waals surface area contributed by atoms with E-state index in [1.165, 1.54) is 5.56 Å². The number of nitrogens with one attached hydrogen (secondary N) is 1. The Morgan fingerprint density at radius 2 is 1.71 bits per heavy atom. The van der Waals surface area contributed by atoms with Crippen molar-refractivity contribution in [2.24, 2.45) is 0 Å². The number of hydrogen-bond donors (Lipinski definition) is 2. The molecule has 0 saturated carbocycles. The van der Waals surface area contributed by atoms with E-state index in [1.54, 1.807) is 11.8 Å². The number of nitrogens with zero attached hydrogens (tertiary/aromatic N) is 2. The zero-order chi connectivity index (χ0) is 24.1. The molecule has 1 spiro atoms. The first-order valence-electron chi connectivity index (χ1n) is 12.3. The Balaban J connectivity index is 1.39. The Morgan fingerprint density at radius 1 is 1.06 bits per heavy atom. The molecule has 0 unspecified atom stereocenters. The van der Waals surface area contributed by atoms with Crippen molar-refractivity contribution in [1.82, 2.24) is 15.1 Å². The minimum atomic E-state index is -0.910.